The lowest BCUT2D eigenvalue weighted by atomic mass is 9.84. The van der Waals surface area contributed by atoms with Gasteiger partial charge in [0.25, 0.3) is 5.91 Å². The Balaban J connectivity index is 0.00000274. The van der Waals surface area contributed by atoms with Crippen LogP contribution < -0.4 is 10.6 Å². The maximum atomic E-state index is 13.0. The molecule has 34 heavy (non-hydrogen) atoms. The van der Waals surface area contributed by atoms with Crippen LogP contribution in [0.3, 0.4) is 0 Å². The van der Waals surface area contributed by atoms with Gasteiger partial charge in [-0.2, -0.15) is 0 Å². The van der Waals surface area contributed by atoms with Crippen LogP contribution in [0.5, 0.6) is 0 Å². The summed E-state index contributed by atoms with van der Waals surface area (Å²) in [6, 6.07) is 15.6. The molecule has 4 heterocycles. The number of amides is 2. The highest BCUT2D eigenvalue weighted by molar-refractivity contribution is 6.01. The van der Waals surface area contributed by atoms with E-state index in [1.807, 2.05) is 69.3 Å². The molecular weight excluding hydrogens is 450 g/mol. The van der Waals surface area contributed by atoms with Crippen LogP contribution in [0.2, 0.25) is 0 Å². The fraction of sp³-hybridized carbons (Fsp3) is 0.407. The Hall–Kier alpha value is -2.83. The Labute approximate surface area is 206 Å². The molecule has 3 aliphatic rings. The second-order valence-electron chi connectivity index (χ2n) is 10.3. The predicted octanol–water partition coefficient (Wildman–Crippen LogP) is 5.33. The summed E-state index contributed by atoms with van der Waals surface area (Å²) in [5.74, 6) is 0.709. The van der Waals surface area contributed by atoms with Crippen LogP contribution in [-0.2, 0) is 4.79 Å². The first kappa shape index (κ1) is 24.3. The van der Waals surface area contributed by atoms with Crippen LogP contribution in [-0.4, -0.2) is 42.4 Å². The SMILES string of the molecule is CC(C)(C)C(=O)Nc1cccc(-c2cccc3cc(C(=O)N[C@H]4CN5CCC4CC5)oc23)c1.Cl. The van der Waals surface area contributed by atoms with E-state index in [2.05, 4.69) is 15.5 Å². The minimum atomic E-state index is -0.478. The minimum absolute atomic E-state index is 0. The molecule has 1 aromatic heterocycles. The molecule has 2 amide bonds. The van der Waals surface area contributed by atoms with E-state index < -0.39 is 5.41 Å². The largest absolute Gasteiger partial charge is 0.450 e. The Bertz CT molecular complexity index is 1210. The third-order valence-electron chi connectivity index (χ3n) is 6.85. The molecule has 2 bridgehead atoms. The monoisotopic (exact) mass is 481 g/mol. The van der Waals surface area contributed by atoms with E-state index in [1.54, 1.807) is 0 Å². The second-order valence-corrected chi connectivity index (χ2v) is 10.3. The molecule has 2 aromatic carbocycles. The number of anilines is 1. The molecule has 6 nitrogen and oxygen atoms in total. The van der Waals surface area contributed by atoms with Gasteiger partial charge in [-0.1, -0.05) is 51.1 Å². The molecule has 0 unspecified atom stereocenters. The van der Waals surface area contributed by atoms with Crippen molar-refractivity contribution < 1.29 is 14.0 Å². The molecule has 0 radical (unpaired) electrons. The number of hydrogen-bond donors (Lipinski definition) is 2. The summed E-state index contributed by atoms with van der Waals surface area (Å²) in [5, 5.41) is 7.08. The van der Waals surface area contributed by atoms with Crippen molar-refractivity contribution in [1.82, 2.24) is 10.2 Å². The van der Waals surface area contributed by atoms with Gasteiger partial charge in [0.1, 0.15) is 5.58 Å². The smallest absolute Gasteiger partial charge is 0.287 e. The van der Waals surface area contributed by atoms with Crippen molar-refractivity contribution in [2.45, 2.75) is 39.7 Å². The number of hydrogen-bond acceptors (Lipinski definition) is 4. The fourth-order valence-electron chi connectivity index (χ4n) is 4.85. The van der Waals surface area contributed by atoms with Gasteiger partial charge in [-0.3, -0.25) is 9.59 Å². The van der Waals surface area contributed by atoms with Gasteiger partial charge in [-0.05, 0) is 55.6 Å². The quantitative estimate of drug-likeness (QED) is 0.528. The number of halogens is 1. The summed E-state index contributed by atoms with van der Waals surface area (Å²) in [4.78, 5) is 27.8. The van der Waals surface area contributed by atoms with Crippen molar-refractivity contribution in [2.24, 2.45) is 11.3 Å². The third kappa shape index (κ3) is 4.84. The summed E-state index contributed by atoms with van der Waals surface area (Å²) in [5.41, 5.74) is 2.74. The second kappa shape index (κ2) is 9.43. The number of benzene rings is 2. The Morgan fingerprint density at radius 1 is 1.03 bits per heavy atom. The number of para-hydroxylation sites is 1. The highest BCUT2D eigenvalue weighted by Crippen LogP contribution is 2.33. The van der Waals surface area contributed by atoms with Crippen LogP contribution in [0.1, 0.15) is 44.2 Å². The lowest BCUT2D eigenvalue weighted by Crippen LogP contribution is -2.57. The standard InChI is InChI=1S/C27H31N3O3.ClH/c1-27(2,3)26(32)28-20-8-4-6-18(14-20)21-9-5-7-19-15-23(33-24(19)21)25(31)29-22-16-30-12-10-17(22)11-13-30;/h4-9,14-15,17,22H,10-13,16H2,1-3H3,(H,28,32)(H,29,31);1H/t22-;/m0./s1. The average molecular weight is 482 g/mol. The van der Waals surface area contributed by atoms with Gasteiger partial charge >= 0.3 is 0 Å². The topological polar surface area (TPSA) is 74.6 Å². The lowest BCUT2D eigenvalue weighted by Gasteiger charge is -2.44. The maximum absolute atomic E-state index is 13.0. The van der Waals surface area contributed by atoms with Gasteiger partial charge in [-0.25, -0.2) is 0 Å². The van der Waals surface area contributed by atoms with E-state index in [9.17, 15) is 9.59 Å². The van der Waals surface area contributed by atoms with Crippen LogP contribution in [0.25, 0.3) is 22.1 Å². The number of piperidine rings is 3. The van der Waals surface area contributed by atoms with Crippen LogP contribution in [0, 0.1) is 11.3 Å². The van der Waals surface area contributed by atoms with E-state index >= 15 is 0 Å². The number of nitrogens with zero attached hydrogens (tertiary/aromatic N) is 1. The first-order chi connectivity index (χ1) is 15.8. The molecule has 2 N–H and O–H groups in total. The van der Waals surface area contributed by atoms with E-state index in [0.29, 0.717) is 17.3 Å². The minimum Gasteiger partial charge on any atom is -0.450 e. The van der Waals surface area contributed by atoms with Crippen molar-refractivity contribution >= 4 is 40.9 Å². The van der Waals surface area contributed by atoms with Crippen LogP contribution >= 0.6 is 12.4 Å². The van der Waals surface area contributed by atoms with Gasteiger partial charge in [0.05, 0.1) is 0 Å². The molecule has 7 heteroatoms. The highest BCUT2D eigenvalue weighted by Gasteiger charge is 2.35. The van der Waals surface area contributed by atoms with Crippen molar-refractivity contribution in [1.29, 1.82) is 0 Å². The normalized spacial score (nSPS) is 21.7. The summed E-state index contributed by atoms with van der Waals surface area (Å²) in [6.07, 6.45) is 2.30. The fourth-order valence-corrected chi connectivity index (χ4v) is 4.85. The van der Waals surface area contributed by atoms with E-state index in [-0.39, 0.29) is 30.3 Å². The van der Waals surface area contributed by atoms with Gasteiger partial charge < -0.3 is 20.0 Å². The molecule has 3 aromatic rings. The molecule has 3 aliphatic heterocycles. The summed E-state index contributed by atoms with van der Waals surface area (Å²) >= 11 is 0. The first-order valence-electron chi connectivity index (χ1n) is 11.8. The number of furan rings is 1. The Morgan fingerprint density at radius 2 is 1.76 bits per heavy atom. The molecule has 6 rings (SSSR count). The Kier molecular flexibility index (Phi) is 6.74. The highest BCUT2D eigenvalue weighted by atomic mass is 35.5. The zero-order valence-electron chi connectivity index (χ0n) is 19.9. The van der Waals surface area contributed by atoms with E-state index in [1.165, 1.54) is 0 Å². The Morgan fingerprint density at radius 3 is 2.44 bits per heavy atom. The van der Waals surface area contributed by atoms with E-state index in [4.69, 9.17) is 4.42 Å². The molecule has 180 valence electrons. The first-order valence-corrected chi connectivity index (χ1v) is 11.8. The molecular formula is C27H32ClN3O3. The molecule has 3 saturated heterocycles. The van der Waals surface area contributed by atoms with Crippen molar-refractivity contribution in [3.63, 3.8) is 0 Å². The number of carbonyl (C=O) groups is 2. The molecule has 3 fully saturated rings. The van der Waals surface area contributed by atoms with Crippen LogP contribution in [0.4, 0.5) is 5.69 Å². The zero-order chi connectivity index (χ0) is 23.2. The maximum Gasteiger partial charge on any atom is 0.287 e. The molecule has 0 aliphatic carbocycles. The predicted molar refractivity (Wildman–Crippen MR) is 137 cm³/mol. The average Bonchev–Trinajstić information content (AvgIpc) is 3.24. The lowest BCUT2D eigenvalue weighted by molar-refractivity contribution is -0.123. The van der Waals surface area contributed by atoms with Crippen molar-refractivity contribution in [3.05, 3.63) is 54.3 Å². The van der Waals surface area contributed by atoms with Crippen LogP contribution in [0.15, 0.2) is 52.9 Å². The zero-order valence-corrected chi connectivity index (χ0v) is 20.7. The molecule has 0 saturated carbocycles. The number of rotatable bonds is 4. The molecule has 1 atom stereocenters. The van der Waals surface area contributed by atoms with Crippen molar-refractivity contribution in [2.75, 3.05) is 25.0 Å². The van der Waals surface area contributed by atoms with Gasteiger partial charge in [-0.15, -0.1) is 12.4 Å². The summed E-state index contributed by atoms with van der Waals surface area (Å²) < 4.78 is 6.10. The molecule has 0 spiro atoms. The summed E-state index contributed by atoms with van der Waals surface area (Å²) in [7, 11) is 0. The van der Waals surface area contributed by atoms with Gasteiger partial charge in [0.15, 0.2) is 5.76 Å². The number of carbonyl (C=O) groups excluding carboxylic acids is 2. The third-order valence-corrected chi connectivity index (χ3v) is 6.85. The number of nitrogens with one attached hydrogen (secondary N) is 2. The van der Waals surface area contributed by atoms with Gasteiger partial charge in [0, 0.05) is 34.6 Å². The van der Waals surface area contributed by atoms with Gasteiger partial charge in [0.2, 0.25) is 5.91 Å². The number of fused-ring (bicyclic) bond motifs is 4. The summed E-state index contributed by atoms with van der Waals surface area (Å²) in [6.45, 7) is 8.87. The van der Waals surface area contributed by atoms with E-state index in [0.717, 1.165) is 54.7 Å². The van der Waals surface area contributed by atoms with Crippen molar-refractivity contribution in [3.8, 4) is 11.1 Å².